The summed E-state index contributed by atoms with van der Waals surface area (Å²) in [5, 5.41) is 0. The van der Waals surface area contributed by atoms with Crippen LogP contribution in [0.15, 0.2) is 127 Å². The van der Waals surface area contributed by atoms with Crippen LogP contribution in [0.4, 0.5) is 17.6 Å². The maximum atomic E-state index is 17.8. The predicted molar refractivity (Wildman–Crippen MR) is 297 cm³/mol. The Morgan fingerprint density at radius 3 is 1.07 bits per heavy atom. The molecule has 0 aliphatic heterocycles. The first-order valence-corrected chi connectivity index (χ1v) is 34.0. The van der Waals surface area contributed by atoms with Crippen LogP contribution in [0, 0.1) is 23.3 Å². The number of sulfonamides is 2. The van der Waals surface area contributed by atoms with E-state index in [1.807, 2.05) is 0 Å². The Morgan fingerprint density at radius 1 is 0.440 bits per heavy atom. The molecule has 75 heavy (non-hydrogen) atoms. The summed E-state index contributed by atoms with van der Waals surface area (Å²) in [4.78, 5) is 0.0564. The van der Waals surface area contributed by atoms with Gasteiger partial charge in [-0.1, -0.05) is 129 Å². The monoisotopic (exact) mass is 1110 g/mol. The molecule has 0 N–H and O–H groups in total. The average Bonchev–Trinajstić information content (AvgIpc) is 4.16. The van der Waals surface area contributed by atoms with E-state index in [0.29, 0.717) is 7.76 Å². The SMILES string of the molecule is CCCCCCCCCCCCc1ccc(S(=O)(=O)N(C)Cc2ccc(F)[c]([Ti]([C]3=CC=CC3)([C]3=CC=CC3)[c]3c(F)ccc(CN(C)S(=O)(=O)c4ccc(CCCCCCCCCCCC)cc4)c3F)c2F)cc1. The molecule has 0 radical (unpaired) electrons. The normalized spacial score (nSPS) is 13.9. The van der Waals surface area contributed by atoms with Crippen molar-refractivity contribution in [1.82, 2.24) is 8.61 Å². The number of benzene rings is 4. The second kappa shape index (κ2) is 29.7. The Hall–Kier alpha value is -3.91. The van der Waals surface area contributed by atoms with Crippen LogP contribution >= 0.6 is 0 Å². The van der Waals surface area contributed by atoms with Crippen molar-refractivity contribution in [3.8, 4) is 0 Å². The molecule has 0 saturated carbocycles. The van der Waals surface area contributed by atoms with Crippen LogP contribution in [-0.2, 0) is 62.6 Å². The molecule has 4 aromatic carbocycles. The molecule has 0 heterocycles. The molecule has 6 nitrogen and oxygen atoms in total. The van der Waals surface area contributed by atoms with Gasteiger partial charge in [0, 0.05) is 0 Å². The first kappa shape index (κ1) is 60.3. The van der Waals surface area contributed by atoms with Crippen LogP contribution in [0.2, 0.25) is 0 Å². The summed E-state index contributed by atoms with van der Waals surface area (Å²) in [6.07, 6.45) is 36.8. The zero-order valence-corrected chi connectivity index (χ0v) is 48.3. The van der Waals surface area contributed by atoms with Gasteiger partial charge in [-0.3, -0.25) is 0 Å². The Balaban J connectivity index is 1.20. The zero-order chi connectivity index (χ0) is 53.9. The minimum atomic E-state index is -5.37. The molecule has 2 aliphatic carbocycles. The summed E-state index contributed by atoms with van der Waals surface area (Å²) in [7, 11) is -5.66. The van der Waals surface area contributed by atoms with Gasteiger partial charge in [0.25, 0.3) is 0 Å². The van der Waals surface area contributed by atoms with Crippen LogP contribution < -0.4 is 7.74 Å². The molecular formula is C62H82F4N2O4S2Ti. The average molecular weight is 1110 g/mol. The van der Waals surface area contributed by atoms with Gasteiger partial charge >= 0.3 is 325 Å². The summed E-state index contributed by atoms with van der Waals surface area (Å²) in [6.45, 7) is 3.48. The molecule has 0 unspecified atom stereocenters. The maximum absolute atomic E-state index is 17.8. The molecule has 408 valence electrons. The van der Waals surface area contributed by atoms with Gasteiger partial charge in [0.2, 0.25) is 0 Å². The number of nitrogens with zero attached hydrogens (tertiary/aromatic N) is 2. The third-order valence-electron chi connectivity index (χ3n) is 15.3. The van der Waals surface area contributed by atoms with Crippen molar-refractivity contribution in [2.24, 2.45) is 0 Å². The minimum absolute atomic E-state index is 0.0282. The Labute approximate surface area is 452 Å². The molecule has 13 heteroatoms. The van der Waals surface area contributed by atoms with Crippen LogP contribution in [0.25, 0.3) is 0 Å². The van der Waals surface area contributed by atoms with E-state index in [9.17, 15) is 16.8 Å². The van der Waals surface area contributed by atoms with Gasteiger partial charge in [-0.05, 0) is 0 Å². The molecule has 0 atom stereocenters. The first-order chi connectivity index (χ1) is 36.2. The van der Waals surface area contributed by atoms with E-state index in [0.717, 1.165) is 70.4 Å². The summed E-state index contributed by atoms with van der Waals surface area (Å²) in [5.74, 6) is -4.13. The van der Waals surface area contributed by atoms with E-state index in [-0.39, 0.29) is 33.8 Å². The number of hydrogen-bond donors (Lipinski definition) is 0. The van der Waals surface area contributed by atoms with Gasteiger partial charge in [-0.2, -0.15) is 0 Å². The van der Waals surface area contributed by atoms with E-state index >= 15 is 17.6 Å². The van der Waals surface area contributed by atoms with Crippen molar-refractivity contribution in [3.63, 3.8) is 0 Å². The molecule has 0 aromatic heterocycles. The van der Waals surface area contributed by atoms with E-state index in [1.54, 1.807) is 85.0 Å². The standard InChI is InChI=1S/2C26H36F2NO2S.2C5H5.Ti/c2*1-3-4-5-6-7-8-9-10-11-12-13-22-14-18-25(19-15-22)32(30,31)29(2)21-23-16-17-24(27)20-26(23)28;2*1-2-4-5-3-1;/h2*14-19H,3-13,21H2,1-2H3;2*1-3H,4H2;. The second-order valence-corrected chi connectivity index (χ2v) is 30.9. The van der Waals surface area contributed by atoms with E-state index in [1.165, 1.54) is 129 Å². The van der Waals surface area contributed by atoms with E-state index < -0.39 is 80.7 Å². The first-order valence-electron chi connectivity index (χ1n) is 27.9. The van der Waals surface area contributed by atoms with Gasteiger partial charge in [-0.25, -0.2) is 0 Å². The summed E-state index contributed by atoms with van der Waals surface area (Å²) < 4.78 is 128. The van der Waals surface area contributed by atoms with Crippen molar-refractivity contribution in [2.45, 2.75) is 191 Å². The number of unbranched alkanes of at least 4 members (excludes halogenated alkanes) is 18. The van der Waals surface area contributed by atoms with E-state index in [2.05, 4.69) is 13.8 Å². The number of allylic oxidation sites excluding steroid dienone is 8. The third-order valence-corrected chi connectivity index (χ3v) is 26.9. The number of rotatable bonds is 34. The third kappa shape index (κ3) is 15.7. The van der Waals surface area contributed by atoms with Gasteiger partial charge in [0.15, 0.2) is 0 Å². The molecule has 0 bridgehead atoms. The fourth-order valence-electron chi connectivity index (χ4n) is 10.8. The van der Waals surface area contributed by atoms with Gasteiger partial charge < -0.3 is 0 Å². The molecule has 4 aromatic rings. The van der Waals surface area contributed by atoms with Crippen LogP contribution in [0.3, 0.4) is 0 Å². The van der Waals surface area contributed by atoms with Gasteiger partial charge in [0.1, 0.15) is 0 Å². The molecule has 6 rings (SSSR count). The second-order valence-electron chi connectivity index (χ2n) is 20.9. The van der Waals surface area contributed by atoms with Gasteiger partial charge in [-0.15, -0.1) is 0 Å². The van der Waals surface area contributed by atoms with E-state index in [4.69, 9.17) is 0 Å². The molecule has 0 fully saturated rings. The number of hydrogen-bond acceptors (Lipinski definition) is 4. The molecule has 0 saturated heterocycles. The molecule has 0 spiro atoms. The summed E-state index contributed by atoms with van der Waals surface area (Å²) in [6, 6.07) is 18.0. The van der Waals surface area contributed by atoms with Crippen molar-refractivity contribution < 1.29 is 51.0 Å². The number of halogens is 4. The Kier molecular flexibility index (Phi) is 23.9. The van der Waals surface area contributed by atoms with Crippen molar-refractivity contribution in [3.05, 3.63) is 163 Å². The topological polar surface area (TPSA) is 74.8 Å². The molecule has 2 aliphatic rings. The Bertz CT molecular complexity index is 2640. The molecule has 0 amide bonds. The van der Waals surface area contributed by atoms with Crippen molar-refractivity contribution in [2.75, 3.05) is 14.1 Å². The van der Waals surface area contributed by atoms with Crippen molar-refractivity contribution in [1.29, 1.82) is 0 Å². The fourth-order valence-corrected chi connectivity index (χ4v) is 21.5. The molecular weight excluding hydrogens is 1020 g/mol. The van der Waals surface area contributed by atoms with Crippen molar-refractivity contribution >= 4 is 27.8 Å². The van der Waals surface area contributed by atoms with Crippen LogP contribution in [0.1, 0.15) is 177 Å². The van der Waals surface area contributed by atoms with Crippen LogP contribution in [-0.4, -0.2) is 39.5 Å². The predicted octanol–water partition coefficient (Wildman–Crippen LogP) is 15.6. The number of aryl methyl sites for hydroxylation is 2. The Morgan fingerprint density at radius 2 is 0.760 bits per heavy atom. The van der Waals surface area contributed by atoms with Crippen LogP contribution in [0.5, 0.6) is 0 Å². The summed E-state index contributed by atoms with van der Waals surface area (Å²) >= 11 is -5.37. The quantitative estimate of drug-likeness (QED) is 0.0265. The fraction of sp³-hybridized carbons (Fsp3) is 0.484. The summed E-state index contributed by atoms with van der Waals surface area (Å²) in [5.41, 5.74) is 1.74. The van der Waals surface area contributed by atoms with Gasteiger partial charge in [0.05, 0.1) is 0 Å². The zero-order valence-electron chi connectivity index (χ0n) is 45.1.